The van der Waals surface area contributed by atoms with Gasteiger partial charge in [-0.3, -0.25) is 9.59 Å². The van der Waals surface area contributed by atoms with Crippen molar-refractivity contribution < 1.29 is 46.5 Å². The molecule has 4 aromatic carbocycles. The Morgan fingerprint density at radius 3 is 1.49 bits per heavy atom. The first-order valence-corrected chi connectivity index (χ1v) is 21.8. The minimum atomic E-state index is -1.11. The quantitative estimate of drug-likeness (QED) is 0.148. The maximum Gasteiger partial charge on any atom is 0.337 e. The maximum atomic E-state index is 14.0. The van der Waals surface area contributed by atoms with Crippen molar-refractivity contribution in [1.82, 2.24) is 0 Å². The average molecular weight is 891 g/mol. The predicted octanol–water partition coefficient (Wildman–Crippen LogP) is 7.71. The lowest BCUT2D eigenvalue weighted by Crippen LogP contribution is -2.36. The van der Waals surface area contributed by atoms with Crippen LogP contribution in [0, 0.1) is 11.6 Å². The zero-order valence-corrected chi connectivity index (χ0v) is 35.8. The number of rotatable bonds is 8. The Balaban J connectivity index is 0.000000164. The molecule has 338 valence electrons. The molecule has 14 nitrogen and oxygen atoms in total. The molecule has 0 saturated carbocycles. The van der Waals surface area contributed by atoms with Gasteiger partial charge in [0.15, 0.2) is 22.6 Å². The number of carbonyl (C=O) groups excluding carboxylic acids is 1. The second-order valence-corrected chi connectivity index (χ2v) is 16.4. The van der Waals surface area contributed by atoms with E-state index in [1.807, 2.05) is 26.8 Å². The molecule has 2 atom stereocenters. The second kappa shape index (κ2) is 18.7. The van der Waals surface area contributed by atoms with Crippen molar-refractivity contribution in [2.24, 2.45) is 0 Å². The Bertz CT molecular complexity index is 2870. The molecular weight excluding hydrogens is 843 g/mol. The number of carboxylic acids is 1. The van der Waals surface area contributed by atoms with E-state index in [0.29, 0.717) is 98.7 Å². The highest BCUT2D eigenvalue weighted by molar-refractivity contribution is 5.96. The minimum absolute atomic E-state index is 0.0324. The van der Waals surface area contributed by atoms with Crippen LogP contribution >= 0.6 is 0 Å². The fourth-order valence-electron chi connectivity index (χ4n) is 9.39. The summed E-state index contributed by atoms with van der Waals surface area (Å²) in [6, 6.07) is 21.5. The maximum absolute atomic E-state index is 14.0. The molecule has 10 rings (SSSR count). The normalized spacial score (nSPS) is 18.8. The van der Waals surface area contributed by atoms with Crippen LogP contribution in [-0.2, 0) is 14.2 Å². The van der Waals surface area contributed by atoms with Crippen molar-refractivity contribution >= 4 is 57.0 Å². The lowest BCUT2D eigenvalue weighted by atomic mass is 9.98. The van der Waals surface area contributed by atoms with Gasteiger partial charge < -0.3 is 47.8 Å². The monoisotopic (exact) mass is 890 g/mol. The summed E-state index contributed by atoms with van der Waals surface area (Å²) in [4.78, 5) is 58.5. The molecule has 0 radical (unpaired) electrons. The number of morpholine rings is 2. The molecule has 4 aliphatic rings. The number of anilines is 4. The van der Waals surface area contributed by atoms with E-state index in [-0.39, 0.29) is 51.1 Å². The summed E-state index contributed by atoms with van der Waals surface area (Å²) in [6.45, 7) is 6.10. The van der Waals surface area contributed by atoms with Crippen molar-refractivity contribution in [3.63, 3.8) is 0 Å². The molecule has 4 saturated heterocycles. The van der Waals surface area contributed by atoms with Gasteiger partial charge >= 0.3 is 11.9 Å². The molecule has 0 bridgehead atoms. The van der Waals surface area contributed by atoms with E-state index in [1.54, 1.807) is 24.3 Å². The number of methoxy groups -OCH3 is 1. The molecule has 0 amide bonds. The Labute approximate surface area is 372 Å². The Morgan fingerprint density at radius 2 is 1.06 bits per heavy atom. The lowest BCUT2D eigenvalue weighted by molar-refractivity contribution is 0.0599. The van der Waals surface area contributed by atoms with E-state index in [2.05, 4.69) is 4.90 Å². The van der Waals surface area contributed by atoms with Crippen LogP contribution in [-0.4, -0.2) is 89.9 Å². The van der Waals surface area contributed by atoms with Crippen molar-refractivity contribution in [2.75, 3.05) is 92.4 Å². The van der Waals surface area contributed by atoms with Gasteiger partial charge in [-0.2, -0.15) is 0 Å². The number of aromatic carboxylic acids is 1. The third kappa shape index (κ3) is 9.00. The number of esters is 1. The van der Waals surface area contributed by atoms with Crippen LogP contribution in [0.1, 0.15) is 69.6 Å². The SMILES string of the molecule is COC(=O)c1cc([C@H]2CCCN2c2cccc(F)c2)c2oc(N3CCOCC3)cc(=O)c2c1.O=C(O)c1cc([C@H]2CCCN2c2cccc(F)c2)c2oc(N3CCOCC3)cc(=O)c2c1. The highest BCUT2D eigenvalue weighted by Crippen LogP contribution is 2.42. The second-order valence-electron chi connectivity index (χ2n) is 16.4. The van der Waals surface area contributed by atoms with Gasteiger partial charge in [-0.05, 0) is 86.3 Å². The smallest absolute Gasteiger partial charge is 0.337 e. The lowest BCUT2D eigenvalue weighted by Gasteiger charge is -2.29. The van der Waals surface area contributed by atoms with Gasteiger partial charge in [-0.25, -0.2) is 18.4 Å². The third-order valence-electron chi connectivity index (χ3n) is 12.5. The van der Waals surface area contributed by atoms with Crippen LogP contribution < -0.4 is 30.5 Å². The van der Waals surface area contributed by atoms with Gasteiger partial charge in [0.05, 0.1) is 67.5 Å². The van der Waals surface area contributed by atoms with Crippen LogP contribution in [0.4, 0.5) is 31.9 Å². The highest BCUT2D eigenvalue weighted by Gasteiger charge is 2.33. The Kier molecular flexibility index (Phi) is 12.5. The molecule has 4 fully saturated rings. The number of carbonyl (C=O) groups is 2. The number of benzene rings is 4. The molecule has 1 N–H and O–H groups in total. The largest absolute Gasteiger partial charge is 0.478 e. The summed E-state index contributed by atoms with van der Waals surface area (Å²) < 4.78 is 56.2. The van der Waals surface area contributed by atoms with Gasteiger partial charge in [0, 0.05) is 73.9 Å². The molecule has 2 aromatic heterocycles. The highest BCUT2D eigenvalue weighted by atomic mass is 19.1. The van der Waals surface area contributed by atoms with Gasteiger partial charge in [-0.1, -0.05) is 12.1 Å². The zero-order chi connectivity index (χ0) is 45.2. The van der Waals surface area contributed by atoms with Crippen molar-refractivity contribution in [2.45, 2.75) is 37.8 Å². The number of fused-ring (bicyclic) bond motifs is 2. The zero-order valence-electron chi connectivity index (χ0n) is 35.8. The fraction of sp³-hybridized carbons (Fsp3) is 0.347. The van der Waals surface area contributed by atoms with Crippen molar-refractivity contribution in [3.8, 4) is 0 Å². The van der Waals surface area contributed by atoms with E-state index in [9.17, 15) is 33.1 Å². The number of carboxylic acid groups (broad SMARTS) is 1. The molecule has 65 heavy (non-hydrogen) atoms. The molecular formula is C49H48F2N4O10. The first kappa shape index (κ1) is 43.5. The number of halogens is 2. The summed E-state index contributed by atoms with van der Waals surface area (Å²) in [5.74, 6) is -1.35. The van der Waals surface area contributed by atoms with E-state index in [4.69, 9.17) is 23.0 Å². The number of hydrogen-bond donors (Lipinski definition) is 1. The van der Waals surface area contributed by atoms with Crippen LogP contribution in [0.25, 0.3) is 21.9 Å². The van der Waals surface area contributed by atoms with Crippen LogP contribution in [0.2, 0.25) is 0 Å². The van der Waals surface area contributed by atoms with Crippen LogP contribution in [0.3, 0.4) is 0 Å². The molecule has 6 heterocycles. The van der Waals surface area contributed by atoms with E-state index in [0.717, 1.165) is 43.5 Å². The standard InChI is InChI=1S/C25H25FN2O5.C24H23FN2O5/c1-31-25(30)16-12-19(21-6-3-7-28(21)18-5-2-4-17(26)14-18)24-20(13-16)22(29)15-23(33-24)27-8-10-32-11-9-27;25-16-3-1-4-17(13-16)27-6-2-5-20(27)18-11-15(24(29)30)12-19-21(28)14-22(32-23(18)19)26-7-9-31-10-8-26/h2,4-5,12-15,21H,3,6-11H2,1H3;1,3-4,11-14,20H,2,5-10H2,(H,29,30)/t21-;20-/m11/s1. The third-order valence-corrected chi connectivity index (χ3v) is 12.5. The number of ether oxygens (including phenoxy) is 3. The first-order chi connectivity index (χ1) is 31.6. The fourth-order valence-corrected chi connectivity index (χ4v) is 9.39. The molecule has 16 heteroatoms. The van der Waals surface area contributed by atoms with Gasteiger partial charge in [0.1, 0.15) is 22.8 Å². The average Bonchev–Trinajstić information content (AvgIpc) is 4.03. The Hall–Kier alpha value is -6.78. The van der Waals surface area contributed by atoms with Gasteiger partial charge in [-0.15, -0.1) is 0 Å². The summed E-state index contributed by atoms with van der Waals surface area (Å²) in [5, 5.41) is 10.2. The van der Waals surface area contributed by atoms with E-state index < -0.39 is 11.9 Å². The minimum Gasteiger partial charge on any atom is -0.478 e. The van der Waals surface area contributed by atoms with E-state index in [1.165, 1.54) is 55.6 Å². The number of hydrogen-bond acceptors (Lipinski definition) is 13. The first-order valence-electron chi connectivity index (χ1n) is 21.8. The molecule has 0 unspecified atom stereocenters. The van der Waals surface area contributed by atoms with Gasteiger partial charge in [0.25, 0.3) is 0 Å². The van der Waals surface area contributed by atoms with E-state index >= 15 is 0 Å². The summed E-state index contributed by atoms with van der Waals surface area (Å²) in [7, 11) is 1.31. The topological polar surface area (TPSA) is 155 Å². The summed E-state index contributed by atoms with van der Waals surface area (Å²) >= 11 is 0. The van der Waals surface area contributed by atoms with Crippen molar-refractivity contribution in [3.05, 3.63) is 139 Å². The summed E-state index contributed by atoms with van der Waals surface area (Å²) in [6.07, 6.45) is 3.26. The molecule has 0 aliphatic carbocycles. The predicted molar refractivity (Wildman–Crippen MR) is 241 cm³/mol. The molecule has 0 spiro atoms. The molecule has 6 aromatic rings. The van der Waals surface area contributed by atoms with Gasteiger partial charge in [0.2, 0.25) is 0 Å². The number of nitrogens with zero attached hydrogens (tertiary/aromatic N) is 4. The Morgan fingerprint density at radius 1 is 0.615 bits per heavy atom. The van der Waals surface area contributed by atoms with Crippen LogP contribution in [0.5, 0.6) is 0 Å². The van der Waals surface area contributed by atoms with Crippen molar-refractivity contribution in [1.29, 1.82) is 0 Å². The summed E-state index contributed by atoms with van der Waals surface area (Å²) in [5.41, 5.74) is 3.47. The van der Waals surface area contributed by atoms with Crippen LogP contribution in [0.15, 0.2) is 103 Å². The molecule has 4 aliphatic heterocycles.